The van der Waals surface area contributed by atoms with Crippen LogP contribution in [0.2, 0.25) is 0 Å². The molecule has 0 spiro atoms. The van der Waals surface area contributed by atoms with E-state index in [2.05, 4.69) is 20.5 Å². The first kappa shape index (κ1) is 22.6. The fourth-order valence-electron chi connectivity index (χ4n) is 3.07. The average molecular weight is 444 g/mol. The van der Waals surface area contributed by atoms with Gasteiger partial charge in [0, 0.05) is 13.5 Å². The summed E-state index contributed by atoms with van der Waals surface area (Å²) < 4.78 is 19.4. The second-order valence-electron chi connectivity index (χ2n) is 7.54. The van der Waals surface area contributed by atoms with Gasteiger partial charge in [-0.05, 0) is 38.0 Å². The molecule has 0 aliphatic heterocycles. The lowest BCUT2D eigenvalue weighted by Crippen LogP contribution is -2.46. The molecular weight excluding hydrogens is 423 g/mol. The minimum atomic E-state index is -1.33. The lowest BCUT2D eigenvalue weighted by molar-refractivity contribution is 0.0868. The van der Waals surface area contributed by atoms with E-state index in [4.69, 9.17) is 10.2 Å². The lowest BCUT2D eigenvalue weighted by Gasteiger charge is -2.28. The van der Waals surface area contributed by atoms with E-state index >= 15 is 0 Å². The molecule has 11 nitrogen and oxygen atoms in total. The summed E-state index contributed by atoms with van der Waals surface area (Å²) in [7, 11) is 0. The van der Waals surface area contributed by atoms with Gasteiger partial charge in [0.2, 0.25) is 11.6 Å². The van der Waals surface area contributed by atoms with E-state index < -0.39 is 40.2 Å². The first-order chi connectivity index (χ1) is 15.0. The number of carbonyl (C=O) groups is 2. The van der Waals surface area contributed by atoms with Crippen molar-refractivity contribution in [2.75, 3.05) is 0 Å². The van der Waals surface area contributed by atoms with Gasteiger partial charge in [-0.25, -0.2) is 9.37 Å². The number of nitrogens with two attached hydrogens (primary N) is 1. The number of primary amides is 1. The molecule has 3 aromatic rings. The predicted molar refractivity (Wildman–Crippen MR) is 108 cm³/mol. The molecule has 0 bridgehead atoms. The fourth-order valence-corrected chi connectivity index (χ4v) is 3.07. The van der Waals surface area contributed by atoms with Crippen molar-refractivity contribution in [2.45, 2.75) is 39.3 Å². The zero-order valence-corrected chi connectivity index (χ0v) is 17.5. The predicted octanol–water partition coefficient (Wildman–Crippen LogP) is 0.786. The summed E-state index contributed by atoms with van der Waals surface area (Å²) in [6.07, 6.45) is 0.275. The van der Waals surface area contributed by atoms with Gasteiger partial charge in [0.15, 0.2) is 5.69 Å². The van der Waals surface area contributed by atoms with Crippen molar-refractivity contribution in [3.8, 4) is 5.75 Å². The molecule has 0 atom stereocenters. The molecule has 32 heavy (non-hydrogen) atoms. The van der Waals surface area contributed by atoms with Crippen LogP contribution in [0, 0.1) is 12.7 Å². The third-order valence-corrected chi connectivity index (χ3v) is 4.62. The summed E-state index contributed by atoms with van der Waals surface area (Å²) in [6, 6.07) is 5.66. The van der Waals surface area contributed by atoms with Gasteiger partial charge in [-0.1, -0.05) is 12.1 Å². The average Bonchev–Trinajstić information content (AvgIpc) is 3.16. The number of amides is 2. The number of aromatic hydroxyl groups is 1. The minimum Gasteiger partial charge on any atom is -0.501 e. The molecule has 2 aromatic heterocycles. The number of hydrogen-bond acceptors (Lipinski definition) is 8. The number of rotatable bonds is 7. The van der Waals surface area contributed by atoms with Crippen LogP contribution < -0.4 is 16.6 Å². The smallest absolute Gasteiger partial charge is 0.309 e. The van der Waals surface area contributed by atoms with Gasteiger partial charge >= 0.3 is 11.8 Å². The third kappa shape index (κ3) is 4.63. The SMILES string of the molecule is Cc1nnc(C(=O)NC(C)(C)c2nc(C(N)=O)c(O)c(=O)n2CCc2ccc(F)cc2)o1. The molecule has 2 amide bonds. The van der Waals surface area contributed by atoms with Crippen molar-refractivity contribution in [2.24, 2.45) is 5.73 Å². The largest absolute Gasteiger partial charge is 0.501 e. The quantitative estimate of drug-likeness (QED) is 0.481. The molecule has 0 unspecified atom stereocenters. The second-order valence-corrected chi connectivity index (χ2v) is 7.54. The van der Waals surface area contributed by atoms with Crippen molar-refractivity contribution in [3.63, 3.8) is 0 Å². The highest BCUT2D eigenvalue weighted by Crippen LogP contribution is 2.21. The van der Waals surface area contributed by atoms with Gasteiger partial charge in [0.25, 0.3) is 11.5 Å². The van der Waals surface area contributed by atoms with Crippen molar-refractivity contribution in [1.82, 2.24) is 25.1 Å². The van der Waals surface area contributed by atoms with Crippen LogP contribution in [0.4, 0.5) is 4.39 Å². The molecule has 0 saturated carbocycles. The maximum absolute atomic E-state index is 13.2. The van der Waals surface area contributed by atoms with Crippen molar-refractivity contribution in [3.05, 3.63) is 69.3 Å². The molecule has 0 aliphatic rings. The van der Waals surface area contributed by atoms with Crippen molar-refractivity contribution >= 4 is 11.8 Å². The molecule has 1 aromatic carbocycles. The maximum atomic E-state index is 13.2. The Labute approximate surface area is 181 Å². The second kappa shape index (κ2) is 8.57. The molecule has 168 valence electrons. The molecule has 0 fully saturated rings. The zero-order valence-electron chi connectivity index (χ0n) is 17.5. The highest BCUT2D eigenvalue weighted by atomic mass is 19.1. The van der Waals surface area contributed by atoms with Crippen LogP contribution >= 0.6 is 0 Å². The van der Waals surface area contributed by atoms with Gasteiger partial charge in [-0.2, -0.15) is 0 Å². The number of aromatic nitrogens is 4. The van der Waals surface area contributed by atoms with Crippen LogP contribution in [0.25, 0.3) is 0 Å². The lowest BCUT2D eigenvalue weighted by atomic mass is 10.0. The van der Waals surface area contributed by atoms with E-state index in [1.165, 1.54) is 32.9 Å². The number of carbonyl (C=O) groups excluding carboxylic acids is 2. The number of benzene rings is 1. The Balaban J connectivity index is 2.02. The van der Waals surface area contributed by atoms with E-state index in [1.54, 1.807) is 12.1 Å². The van der Waals surface area contributed by atoms with Crippen LogP contribution in [0.1, 0.15) is 52.3 Å². The van der Waals surface area contributed by atoms with Gasteiger partial charge in [0.05, 0.1) is 5.54 Å². The number of hydrogen-bond donors (Lipinski definition) is 3. The topological polar surface area (TPSA) is 166 Å². The number of halogens is 1. The van der Waals surface area contributed by atoms with Gasteiger partial charge in [-0.3, -0.25) is 19.0 Å². The van der Waals surface area contributed by atoms with E-state index in [0.717, 1.165) is 4.57 Å². The highest BCUT2D eigenvalue weighted by Gasteiger charge is 2.33. The minimum absolute atomic E-state index is 0.0123. The summed E-state index contributed by atoms with van der Waals surface area (Å²) in [4.78, 5) is 41.2. The standard InChI is InChI=1S/C20H21FN6O5/c1-10-25-26-17(32-10)16(30)24-20(2,3)19-23-13(15(22)29)14(28)18(31)27(19)9-8-11-4-6-12(21)7-5-11/h4-7,28H,8-9H2,1-3H3,(H2,22,29)(H,24,30). The van der Waals surface area contributed by atoms with E-state index in [1.807, 2.05) is 0 Å². The summed E-state index contributed by atoms with van der Waals surface area (Å²) >= 11 is 0. The van der Waals surface area contributed by atoms with E-state index in [0.29, 0.717) is 5.56 Å². The Morgan fingerprint density at radius 2 is 1.91 bits per heavy atom. The third-order valence-electron chi connectivity index (χ3n) is 4.62. The van der Waals surface area contributed by atoms with Crippen LogP contribution in [-0.2, 0) is 18.5 Å². The molecular formula is C20H21FN6O5. The molecule has 0 aliphatic carbocycles. The monoisotopic (exact) mass is 444 g/mol. The molecule has 2 heterocycles. The van der Waals surface area contributed by atoms with E-state index in [9.17, 15) is 23.9 Å². The van der Waals surface area contributed by atoms with Crippen LogP contribution in [0.15, 0.2) is 33.5 Å². The molecule has 0 radical (unpaired) electrons. The van der Waals surface area contributed by atoms with Crippen LogP contribution in [0.5, 0.6) is 5.75 Å². The van der Waals surface area contributed by atoms with Crippen LogP contribution in [0.3, 0.4) is 0 Å². The normalized spacial score (nSPS) is 11.4. The van der Waals surface area contributed by atoms with Gasteiger partial charge < -0.3 is 20.6 Å². The number of aryl methyl sites for hydroxylation is 2. The van der Waals surface area contributed by atoms with Gasteiger partial charge in [0.1, 0.15) is 11.6 Å². The van der Waals surface area contributed by atoms with E-state index in [-0.39, 0.29) is 30.6 Å². The highest BCUT2D eigenvalue weighted by molar-refractivity contribution is 5.93. The summed E-state index contributed by atoms with van der Waals surface area (Å²) in [5.41, 5.74) is 3.09. The summed E-state index contributed by atoms with van der Waals surface area (Å²) in [5, 5.41) is 20.0. The first-order valence-corrected chi connectivity index (χ1v) is 9.50. The summed E-state index contributed by atoms with van der Waals surface area (Å²) in [5.74, 6) is -3.31. The van der Waals surface area contributed by atoms with Gasteiger partial charge in [-0.15, -0.1) is 10.2 Å². The molecule has 12 heteroatoms. The molecule has 4 N–H and O–H groups in total. The fraction of sp³-hybridized carbons (Fsp3) is 0.300. The van der Waals surface area contributed by atoms with Crippen LogP contribution in [-0.4, -0.2) is 36.7 Å². The zero-order chi connectivity index (χ0) is 23.6. The number of nitrogens with zero attached hydrogens (tertiary/aromatic N) is 4. The maximum Gasteiger partial charge on any atom is 0.309 e. The molecule has 0 saturated heterocycles. The first-order valence-electron chi connectivity index (χ1n) is 9.50. The van der Waals surface area contributed by atoms with Crippen molar-refractivity contribution < 1.29 is 23.5 Å². The Morgan fingerprint density at radius 1 is 1.25 bits per heavy atom. The Morgan fingerprint density at radius 3 is 2.47 bits per heavy atom. The Kier molecular flexibility index (Phi) is 6.05. The Hall–Kier alpha value is -4.09. The van der Waals surface area contributed by atoms with Crippen molar-refractivity contribution in [1.29, 1.82) is 0 Å². The molecule has 3 rings (SSSR count). The number of nitrogens with one attached hydrogen (secondary N) is 1. The summed E-state index contributed by atoms with van der Waals surface area (Å²) in [6.45, 7) is 4.60. The Bertz CT molecular complexity index is 1230.